The fraction of sp³-hybridized carbons (Fsp3) is 0.261. The Bertz CT molecular complexity index is 1230. The van der Waals surface area contributed by atoms with E-state index in [0.717, 1.165) is 27.4 Å². The minimum Gasteiger partial charge on any atom is -0.321 e. The summed E-state index contributed by atoms with van der Waals surface area (Å²) in [6.07, 6.45) is 0. The van der Waals surface area contributed by atoms with Crippen molar-refractivity contribution in [2.24, 2.45) is 0 Å². The first-order valence-corrected chi connectivity index (χ1v) is 10.9. The molecule has 0 radical (unpaired) electrons. The summed E-state index contributed by atoms with van der Waals surface area (Å²) in [5, 5.41) is 24.9. The summed E-state index contributed by atoms with van der Waals surface area (Å²) in [4.78, 5) is 24.5. The normalized spacial score (nSPS) is 15.6. The maximum Gasteiger partial charge on any atom is 0.323 e. The van der Waals surface area contributed by atoms with E-state index in [4.69, 9.17) is 10.2 Å². The van der Waals surface area contributed by atoms with E-state index >= 15 is 0 Å². The summed E-state index contributed by atoms with van der Waals surface area (Å²) < 4.78 is 0. The lowest BCUT2D eigenvalue weighted by Crippen LogP contribution is -2.53. The minimum atomic E-state index is -0.381. The van der Waals surface area contributed by atoms with Crippen LogP contribution in [0.15, 0.2) is 36.4 Å². The lowest BCUT2D eigenvalue weighted by Gasteiger charge is -2.30. The van der Waals surface area contributed by atoms with E-state index in [2.05, 4.69) is 27.8 Å². The molecule has 1 saturated heterocycles. The number of hydrogen-bond donors (Lipinski definition) is 2. The number of pyridine rings is 1. The topological polar surface area (TPSA) is 118 Å². The fourth-order valence-electron chi connectivity index (χ4n) is 3.66. The number of amides is 2. The molecule has 0 unspecified atom stereocenters. The third kappa shape index (κ3) is 4.59. The van der Waals surface area contributed by atoms with Crippen LogP contribution in [-0.4, -0.2) is 46.6 Å². The first kappa shape index (κ1) is 21.4. The molecule has 0 bridgehead atoms. The second-order valence-corrected chi connectivity index (χ2v) is 8.54. The Balaban J connectivity index is 1.71. The van der Waals surface area contributed by atoms with E-state index in [0.29, 0.717) is 36.0 Å². The average Bonchev–Trinajstić information content (AvgIpc) is 3.22. The molecule has 1 aromatic carbocycles. The van der Waals surface area contributed by atoms with Gasteiger partial charge in [-0.2, -0.15) is 10.5 Å². The Morgan fingerprint density at radius 2 is 1.97 bits per heavy atom. The molecular formula is C23H21N7OS. The molecule has 9 heteroatoms. The van der Waals surface area contributed by atoms with Gasteiger partial charge in [-0.15, -0.1) is 0 Å². The summed E-state index contributed by atoms with van der Waals surface area (Å²) in [6.45, 7) is 5.28. The number of piperazine rings is 1. The number of thiazole rings is 1. The van der Waals surface area contributed by atoms with Crippen LogP contribution in [-0.2, 0) is 0 Å². The lowest BCUT2D eigenvalue weighted by atomic mass is 10.0. The molecule has 2 aromatic heterocycles. The van der Waals surface area contributed by atoms with Gasteiger partial charge in [0.15, 0.2) is 5.13 Å². The Kier molecular flexibility index (Phi) is 6.13. The molecule has 3 aromatic rings. The van der Waals surface area contributed by atoms with Gasteiger partial charge in [0.2, 0.25) is 0 Å². The molecule has 4 rings (SSSR count). The van der Waals surface area contributed by atoms with Crippen LogP contribution in [0.4, 0.5) is 9.93 Å². The van der Waals surface area contributed by atoms with Crippen LogP contribution in [0.2, 0.25) is 0 Å². The number of aromatic nitrogens is 2. The van der Waals surface area contributed by atoms with Gasteiger partial charge in [0, 0.05) is 30.0 Å². The van der Waals surface area contributed by atoms with Crippen molar-refractivity contribution in [3.8, 4) is 33.8 Å². The highest BCUT2D eigenvalue weighted by atomic mass is 32.1. The van der Waals surface area contributed by atoms with Gasteiger partial charge in [0.1, 0.15) is 6.04 Å². The number of carbonyl (C=O) groups is 1. The van der Waals surface area contributed by atoms with E-state index in [9.17, 15) is 10.1 Å². The van der Waals surface area contributed by atoms with Gasteiger partial charge in [-0.05, 0) is 43.7 Å². The summed E-state index contributed by atoms with van der Waals surface area (Å²) in [5.74, 6) is 0. The number of nitrogens with zero attached hydrogens (tertiary/aromatic N) is 5. The monoisotopic (exact) mass is 443 g/mol. The number of nitrogens with one attached hydrogen (secondary N) is 2. The van der Waals surface area contributed by atoms with E-state index in [-0.39, 0.29) is 12.1 Å². The number of benzene rings is 1. The molecule has 3 heterocycles. The van der Waals surface area contributed by atoms with Gasteiger partial charge >= 0.3 is 6.03 Å². The molecule has 1 atom stereocenters. The zero-order valence-corrected chi connectivity index (χ0v) is 18.5. The van der Waals surface area contributed by atoms with Gasteiger partial charge in [-0.3, -0.25) is 15.6 Å². The van der Waals surface area contributed by atoms with Gasteiger partial charge < -0.3 is 4.90 Å². The summed E-state index contributed by atoms with van der Waals surface area (Å²) in [6, 6.07) is 14.9. The first-order valence-electron chi connectivity index (χ1n) is 10.1. The summed E-state index contributed by atoms with van der Waals surface area (Å²) in [7, 11) is 0. The average molecular weight is 444 g/mol. The summed E-state index contributed by atoms with van der Waals surface area (Å²) >= 11 is 1.38. The van der Waals surface area contributed by atoms with Gasteiger partial charge in [0.25, 0.3) is 0 Å². The van der Waals surface area contributed by atoms with E-state index in [1.807, 2.05) is 38.1 Å². The predicted octanol–water partition coefficient (Wildman–Crippen LogP) is 3.69. The fourth-order valence-corrected chi connectivity index (χ4v) is 4.62. The molecule has 160 valence electrons. The molecule has 2 N–H and O–H groups in total. The molecule has 1 fully saturated rings. The number of hydrogen-bond acceptors (Lipinski definition) is 7. The third-order valence-electron chi connectivity index (χ3n) is 5.07. The third-order valence-corrected chi connectivity index (χ3v) is 6.09. The highest BCUT2D eigenvalue weighted by molar-refractivity contribution is 7.19. The Hall–Kier alpha value is -3.79. The maximum absolute atomic E-state index is 12.8. The highest BCUT2D eigenvalue weighted by Crippen LogP contribution is 2.39. The molecule has 2 amide bonds. The van der Waals surface area contributed by atoms with Crippen LogP contribution in [0.25, 0.3) is 21.7 Å². The smallest absolute Gasteiger partial charge is 0.321 e. The van der Waals surface area contributed by atoms with Crippen molar-refractivity contribution < 1.29 is 4.79 Å². The number of aryl methyl sites for hydroxylation is 2. The Morgan fingerprint density at radius 3 is 2.69 bits per heavy atom. The van der Waals surface area contributed by atoms with Crippen LogP contribution < -0.4 is 10.6 Å². The molecule has 0 spiro atoms. The number of carbonyl (C=O) groups excluding carboxylic acids is 1. The molecular weight excluding hydrogens is 422 g/mol. The lowest BCUT2D eigenvalue weighted by molar-refractivity contribution is 0.197. The minimum absolute atomic E-state index is 0.286. The standard InChI is InChI=1S/C23H21N7OS/c1-14-8-18(9-15(2)27-14)21-20(17-5-3-4-16(10-17)11-24)28-22(32-21)29-23(31)30-7-6-26-19(12-25)13-30/h3-5,8-10,19,26H,6-7,13H2,1-2H3,(H,28,29,31)/t19-/m0/s1. The predicted molar refractivity (Wildman–Crippen MR) is 123 cm³/mol. The van der Waals surface area contributed by atoms with Crippen LogP contribution in [0.1, 0.15) is 17.0 Å². The zero-order valence-electron chi connectivity index (χ0n) is 17.7. The van der Waals surface area contributed by atoms with Gasteiger partial charge in [-0.25, -0.2) is 9.78 Å². The number of nitriles is 2. The molecule has 1 aliphatic heterocycles. The molecule has 32 heavy (non-hydrogen) atoms. The quantitative estimate of drug-likeness (QED) is 0.637. The van der Waals surface area contributed by atoms with Crippen LogP contribution in [0.3, 0.4) is 0 Å². The van der Waals surface area contributed by atoms with E-state index < -0.39 is 0 Å². The van der Waals surface area contributed by atoms with Crippen molar-refractivity contribution in [1.29, 1.82) is 10.5 Å². The van der Waals surface area contributed by atoms with Crippen LogP contribution in [0.5, 0.6) is 0 Å². The van der Waals surface area contributed by atoms with Crippen molar-refractivity contribution in [3.63, 3.8) is 0 Å². The van der Waals surface area contributed by atoms with Crippen molar-refractivity contribution in [2.75, 3.05) is 25.0 Å². The number of rotatable bonds is 3. The summed E-state index contributed by atoms with van der Waals surface area (Å²) in [5.41, 5.74) is 4.77. The Labute approximate surface area is 190 Å². The van der Waals surface area contributed by atoms with E-state index in [1.54, 1.807) is 17.0 Å². The van der Waals surface area contributed by atoms with Crippen molar-refractivity contribution in [2.45, 2.75) is 19.9 Å². The van der Waals surface area contributed by atoms with Crippen LogP contribution in [0, 0.1) is 36.5 Å². The SMILES string of the molecule is Cc1cc(-c2sc(NC(=O)N3CCN[C@@H](C#N)C3)nc2-c2cccc(C#N)c2)cc(C)n1. The maximum atomic E-state index is 12.8. The largest absolute Gasteiger partial charge is 0.323 e. The molecule has 8 nitrogen and oxygen atoms in total. The van der Waals surface area contributed by atoms with Gasteiger partial charge in [-0.1, -0.05) is 23.5 Å². The van der Waals surface area contributed by atoms with Crippen LogP contribution >= 0.6 is 11.3 Å². The molecule has 1 aliphatic rings. The Morgan fingerprint density at radius 1 is 1.19 bits per heavy atom. The first-order chi connectivity index (χ1) is 15.5. The van der Waals surface area contributed by atoms with Crippen molar-refractivity contribution >= 4 is 22.5 Å². The van der Waals surface area contributed by atoms with Crippen molar-refractivity contribution in [1.82, 2.24) is 20.2 Å². The highest BCUT2D eigenvalue weighted by Gasteiger charge is 2.24. The second-order valence-electron chi connectivity index (χ2n) is 7.54. The van der Waals surface area contributed by atoms with Gasteiger partial charge in [0.05, 0.1) is 34.8 Å². The number of urea groups is 1. The number of anilines is 1. The van der Waals surface area contributed by atoms with Crippen molar-refractivity contribution in [3.05, 3.63) is 53.3 Å². The molecule has 0 saturated carbocycles. The second kappa shape index (κ2) is 9.15. The van der Waals surface area contributed by atoms with E-state index in [1.165, 1.54) is 11.3 Å². The zero-order chi connectivity index (χ0) is 22.7. The molecule has 0 aliphatic carbocycles.